The van der Waals surface area contributed by atoms with Crippen molar-refractivity contribution in [3.05, 3.63) is 28.0 Å². The highest BCUT2D eigenvalue weighted by molar-refractivity contribution is 9.10. The molecule has 3 rings (SSSR count). The Morgan fingerprint density at radius 2 is 1.84 bits per heavy atom. The van der Waals surface area contributed by atoms with E-state index in [4.69, 9.17) is 4.74 Å². The van der Waals surface area contributed by atoms with Crippen LogP contribution in [0.5, 0.6) is 0 Å². The van der Waals surface area contributed by atoms with Gasteiger partial charge in [0.1, 0.15) is 18.0 Å². The molecule has 0 aromatic heterocycles. The third-order valence-corrected chi connectivity index (χ3v) is 4.10. The molecule has 2 saturated heterocycles. The molecule has 100 valence electrons. The van der Waals surface area contributed by atoms with Crippen LogP contribution in [0.15, 0.2) is 16.6 Å². The molecule has 0 saturated carbocycles. The quantitative estimate of drug-likeness (QED) is 0.744. The van der Waals surface area contributed by atoms with Crippen molar-refractivity contribution < 1.29 is 18.7 Å². The van der Waals surface area contributed by atoms with Crippen LogP contribution in [0.1, 0.15) is 18.4 Å². The Bertz CT molecular complexity index is 567. The number of amides is 2. The number of halogens is 2. The molecule has 0 spiro atoms. The van der Waals surface area contributed by atoms with E-state index in [1.54, 1.807) is 13.0 Å². The smallest absolute Gasteiger partial charge is 0.262 e. The molecule has 4 nitrogen and oxygen atoms in total. The van der Waals surface area contributed by atoms with Crippen molar-refractivity contribution in [1.82, 2.24) is 0 Å². The fourth-order valence-electron chi connectivity index (χ4n) is 2.51. The number of benzene rings is 1. The lowest BCUT2D eigenvalue weighted by molar-refractivity contribution is -0.146. The molecular formula is C13H11BrFNO3. The Morgan fingerprint density at radius 1 is 1.26 bits per heavy atom. The summed E-state index contributed by atoms with van der Waals surface area (Å²) in [6.07, 6.45) is -0.0595. The fourth-order valence-corrected chi connectivity index (χ4v) is 2.97. The number of fused-ring (bicyclic) bond motifs is 2. The van der Waals surface area contributed by atoms with Gasteiger partial charge in [0.05, 0.1) is 10.2 Å². The van der Waals surface area contributed by atoms with Crippen molar-refractivity contribution in [2.45, 2.75) is 32.0 Å². The predicted octanol–water partition coefficient (Wildman–Crippen LogP) is 2.32. The summed E-state index contributed by atoms with van der Waals surface area (Å²) in [5.41, 5.74) is 0.965. The molecule has 2 heterocycles. The van der Waals surface area contributed by atoms with Gasteiger partial charge in [-0.3, -0.25) is 9.59 Å². The summed E-state index contributed by atoms with van der Waals surface area (Å²) in [6.45, 7) is 1.73. The number of rotatable bonds is 1. The number of morpholine rings is 1. The number of hydrogen-bond donors (Lipinski definition) is 0. The molecule has 0 radical (unpaired) electrons. The van der Waals surface area contributed by atoms with Crippen molar-refractivity contribution in [1.29, 1.82) is 0 Å². The zero-order chi connectivity index (χ0) is 13.7. The predicted molar refractivity (Wildman–Crippen MR) is 69.2 cm³/mol. The minimum absolute atomic E-state index is 0.302. The number of anilines is 1. The number of ether oxygens (including phenoxy) is 1. The van der Waals surface area contributed by atoms with Gasteiger partial charge < -0.3 is 4.74 Å². The summed E-state index contributed by atoms with van der Waals surface area (Å²) in [4.78, 5) is 25.4. The molecule has 2 aliphatic rings. The van der Waals surface area contributed by atoms with Crippen LogP contribution in [0.2, 0.25) is 0 Å². The van der Waals surface area contributed by atoms with Crippen LogP contribution in [-0.2, 0) is 14.3 Å². The van der Waals surface area contributed by atoms with Gasteiger partial charge in [0, 0.05) is 0 Å². The van der Waals surface area contributed by atoms with Gasteiger partial charge in [-0.25, -0.2) is 9.29 Å². The van der Waals surface area contributed by atoms with Crippen LogP contribution < -0.4 is 4.90 Å². The molecule has 1 aromatic carbocycles. The van der Waals surface area contributed by atoms with Gasteiger partial charge in [-0.2, -0.15) is 0 Å². The number of hydrogen-bond acceptors (Lipinski definition) is 3. The van der Waals surface area contributed by atoms with E-state index in [-0.39, 0.29) is 0 Å². The largest absolute Gasteiger partial charge is 0.355 e. The van der Waals surface area contributed by atoms with Crippen LogP contribution in [0.25, 0.3) is 0 Å². The molecule has 1 aromatic rings. The highest BCUT2D eigenvalue weighted by Crippen LogP contribution is 2.34. The SMILES string of the molecule is Cc1cc(Br)c(F)cc1N1C(=O)C2CCC(O2)C1=O. The van der Waals surface area contributed by atoms with Crippen LogP contribution in [0.3, 0.4) is 0 Å². The van der Waals surface area contributed by atoms with Crippen LogP contribution in [-0.4, -0.2) is 24.0 Å². The molecule has 0 aliphatic carbocycles. The molecule has 19 heavy (non-hydrogen) atoms. The maximum absolute atomic E-state index is 13.7. The first kappa shape index (κ1) is 12.7. The number of aryl methyl sites for hydroxylation is 1. The summed E-state index contributed by atoms with van der Waals surface area (Å²) < 4.78 is 19.3. The molecule has 2 unspecified atom stereocenters. The summed E-state index contributed by atoms with van der Waals surface area (Å²) in [5, 5.41) is 0. The van der Waals surface area contributed by atoms with Gasteiger partial charge in [0.25, 0.3) is 11.8 Å². The highest BCUT2D eigenvalue weighted by atomic mass is 79.9. The maximum atomic E-state index is 13.7. The minimum Gasteiger partial charge on any atom is -0.355 e. The van der Waals surface area contributed by atoms with Crippen LogP contribution in [0.4, 0.5) is 10.1 Å². The van der Waals surface area contributed by atoms with E-state index in [1.807, 2.05) is 0 Å². The van der Waals surface area contributed by atoms with E-state index in [9.17, 15) is 14.0 Å². The summed E-state index contributed by atoms with van der Waals surface area (Å²) in [5.74, 6) is -1.30. The summed E-state index contributed by atoms with van der Waals surface area (Å²) in [6, 6.07) is 2.77. The first-order valence-electron chi connectivity index (χ1n) is 5.98. The maximum Gasteiger partial charge on any atom is 0.262 e. The Morgan fingerprint density at radius 3 is 2.42 bits per heavy atom. The Hall–Kier alpha value is -1.27. The first-order chi connectivity index (χ1) is 8.99. The Balaban J connectivity index is 2.08. The third kappa shape index (κ3) is 1.90. The van der Waals surface area contributed by atoms with Crippen molar-refractivity contribution in [2.75, 3.05) is 4.90 Å². The van der Waals surface area contributed by atoms with Gasteiger partial charge >= 0.3 is 0 Å². The van der Waals surface area contributed by atoms with Gasteiger partial charge in [-0.15, -0.1) is 0 Å². The molecular weight excluding hydrogens is 317 g/mol. The number of imide groups is 1. The number of nitrogens with zero attached hydrogens (tertiary/aromatic N) is 1. The second-order valence-electron chi connectivity index (χ2n) is 4.76. The first-order valence-corrected chi connectivity index (χ1v) is 6.77. The molecule has 2 atom stereocenters. The van der Waals surface area contributed by atoms with E-state index in [2.05, 4.69) is 15.9 Å². The fraction of sp³-hybridized carbons (Fsp3) is 0.385. The molecule has 2 bridgehead atoms. The van der Waals surface area contributed by atoms with Gasteiger partial charge in [-0.1, -0.05) is 0 Å². The number of carbonyl (C=O) groups is 2. The van der Waals surface area contributed by atoms with Crippen LogP contribution >= 0.6 is 15.9 Å². The lowest BCUT2D eigenvalue weighted by Crippen LogP contribution is -2.52. The van der Waals surface area contributed by atoms with Gasteiger partial charge in [-0.05, 0) is 53.4 Å². The molecule has 2 aliphatic heterocycles. The van der Waals surface area contributed by atoms with Crippen LogP contribution in [0, 0.1) is 12.7 Å². The van der Waals surface area contributed by atoms with Crippen molar-refractivity contribution in [3.8, 4) is 0 Å². The normalized spacial score (nSPS) is 26.2. The van der Waals surface area contributed by atoms with E-state index >= 15 is 0 Å². The van der Waals surface area contributed by atoms with Gasteiger partial charge in [0.15, 0.2) is 0 Å². The second kappa shape index (κ2) is 4.38. The van der Waals surface area contributed by atoms with Crippen molar-refractivity contribution >= 4 is 33.4 Å². The second-order valence-corrected chi connectivity index (χ2v) is 5.61. The third-order valence-electron chi connectivity index (χ3n) is 3.49. The van der Waals surface area contributed by atoms with E-state index < -0.39 is 29.8 Å². The zero-order valence-electron chi connectivity index (χ0n) is 10.2. The highest BCUT2D eigenvalue weighted by Gasteiger charge is 2.47. The lowest BCUT2D eigenvalue weighted by atomic mass is 10.1. The Kier molecular flexibility index (Phi) is 2.94. The molecule has 6 heteroatoms. The van der Waals surface area contributed by atoms with E-state index in [0.29, 0.717) is 28.6 Å². The number of carbonyl (C=O) groups excluding carboxylic acids is 2. The molecule has 0 N–H and O–H groups in total. The summed E-state index contributed by atoms with van der Waals surface area (Å²) >= 11 is 3.08. The average Bonchev–Trinajstić information content (AvgIpc) is 2.80. The Labute approximate surface area is 117 Å². The topological polar surface area (TPSA) is 46.6 Å². The van der Waals surface area contributed by atoms with Crippen molar-refractivity contribution in [3.63, 3.8) is 0 Å². The van der Waals surface area contributed by atoms with E-state index in [0.717, 1.165) is 4.90 Å². The van der Waals surface area contributed by atoms with Crippen molar-refractivity contribution in [2.24, 2.45) is 0 Å². The zero-order valence-corrected chi connectivity index (χ0v) is 11.7. The molecule has 2 amide bonds. The standard InChI is InChI=1S/C13H11BrFNO3/c1-6-4-7(14)8(15)5-9(6)16-12(17)10-2-3-11(19-10)13(16)18/h4-5,10-11H,2-3H2,1H3. The molecule has 2 fully saturated rings. The van der Waals surface area contributed by atoms with E-state index in [1.165, 1.54) is 6.07 Å². The average molecular weight is 328 g/mol. The lowest BCUT2D eigenvalue weighted by Gasteiger charge is -2.30. The van der Waals surface area contributed by atoms with Gasteiger partial charge in [0.2, 0.25) is 0 Å². The summed E-state index contributed by atoms with van der Waals surface area (Å²) in [7, 11) is 0. The minimum atomic E-state index is -0.575. The monoisotopic (exact) mass is 327 g/mol.